The second-order valence-electron chi connectivity index (χ2n) is 13.5. The molecule has 6 aromatic rings. The Morgan fingerprint density at radius 3 is 1.83 bits per heavy atom. The Morgan fingerprint density at radius 1 is 0.755 bits per heavy atom. The molecule has 0 spiro atoms. The van der Waals surface area contributed by atoms with Crippen LogP contribution in [-0.2, 0) is 36.0 Å². The number of hydrogen-bond donors (Lipinski definition) is 1. The van der Waals surface area contributed by atoms with E-state index in [0.717, 1.165) is 81.5 Å². The fraction of sp³-hybridized carbons (Fsp3) is 0.268. The quantitative estimate of drug-likeness (QED) is 0.104. The summed E-state index contributed by atoms with van der Waals surface area (Å²) in [6, 6.07) is 20.4. The smallest absolute Gasteiger partial charge is 0.304 e. The Labute approximate surface area is 317 Å². The first-order valence-electron chi connectivity index (χ1n) is 17.8. The van der Waals surface area contributed by atoms with Gasteiger partial charge in [-0.3, -0.25) is 13.9 Å². The molecule has 0 bridgehead atoms. The van der Waals surface area contributed by atoms with Crippen LogP contribution in [0, 0.1) is 13.8 Å². The molecule has 272 valence electrons. The van der Waals surface area contributed by atoms with Crippen LogP contribution in [0.25, 0.3) is 33.3 Å². The van der Waals surface area contributed by atoms with Gasteiger partial charge in [0, 0.05) is 30.0 Å². The molecule has 2 aliphatic heterocycles. The summed E-state index contributed by atoms with van der Waals surface area (Å²) in [6.07, 6.45) is 12.8. The number of aryl methyl sites for hydroxylation is 2. The van der Waals surface area contributed by atoms with Crippen molar-refractivity contribution in [2.45, 2.75) is 63.3 Å². The molecule has 9 nitrogen and oxygen atoms in total. The summed E-state index contributed by atoms with van der Waals surface area (Å²) in [5.74, 6) is 1.39. The van der Waals surface area contributed by atoms with Crippen LogP contribution in [-0.4, -0.2) is 45.7 Å². The zero-order chi connectivity index (χ0) is 36.5. The van der Waals surface area contributed by atoms with Gasteiger partial charge < -0.3 is 9.47 Å². The molecule has 1 N–H and O–H groups in total. The molecule has 0 atom stereocenters. The van der Waals surface area contributed by atoms with Crippen molar-refractivity contribution in [2.24, 2.45) is 0 Å². The Balaban J connectivity index is 1.000. The predicted octanol–water partition coefficient (Wildman–Crippen LogP) is 9.26. The highest BCUT2D eigenvalue weighted by molar-refractivity contribution is 7.88. The van der Waals surface area contributed by atoms with Crippen LogP contribution in [0.1, 0.15) is 64.0 Å². The minimum absolute atomic E-state index is 0.137. The monoisotopic (exact) mass is 764 g/mol. The number of allylic oxidation sites excluding steroid dienone is 2. The average Bonchev–Trinajstić information content (AvgIpc) is 3.87. The summed E-state index contributed by atoms with van der Waals surface area (Å²) < 4.78 is 49.9. The molecule has 0 aliphatic carbocycles. The predicted molar refractivity (Wildman–Crippen MR) is 212 cm³/mol. The lowest BCUT2D eigenvalue weighted by atomic mass is 10.1. The topological polar surface area (TPSA) is 108 Å². The molecule has 2 aliphatic rings. The first-order valence-corrected chi connectivity index (χ1v) is 20.9. The van der Waals surface area contributed by atoms with E-state index in [4.69, 9.17) is 19.7 Å². The number of fused-ring (bicyclic) bond motifs is 6. The molecule has 0 radical (unpaired) electrons. The number of aromatic nitrogens is 4. The second kappa shape index (κ2) is 14.9. The van der Waals surface area contributed by atoms with Crippen LogP contribution in [0.15, 0.2) is 82.4 Å². The number of benzene rings is 2. The van der Waals surface area contributed by atoms with Gasteiger partial charge in [0.25, 0.3) is 0 Å². The molecule has 0 saturated carbocycles. The number of rotatable bonds is 11. The summed E-state index contributed by atoms with van der Waals surface area (Å²) in [5.41, 5.74) is 10.8. The van der Waals surface area contributed by atoms with Crippen molar-refractivity contribution >= 4 is 44.9 Å². The highest BCUT2D eigenvalue weighted by Gasteiger charge is 2.29. The van der Waals surface area contributed by atoms with Crippen LogP contribution in [0.3, 0.4) is 0 Å². The molecule has 0 amide bonds. The van der Waals surface area contributed by atoms with E-state index >= 15 is 0 Å². The maximum atomic E-state index is 12.0. The molecule has 8 rings (SSSR count). The fourth-order valence-corrected chi connectivity index (χ4v) is 9.62. The van der Waals surface area contributed by atoms with Crippen molar-refractivity contribution in [1.82, 2.24) is 19.6 Å². The van der Waals surface area contributed by atoms with E-state index in [9.17, 15) is 13.0 Å². The Hall–Kier alpha value is -4.75. The molecule has 2 aromatic carbocycles. The first-order chi connectivity index (χ1) is 25.7. The van der Waals surface area contributed by atoms with Crippen molar-refractivity contribution in [2.75, 3.05) is 13.2 Å². The largest absolute Gasteiger partial charge is 0.492 e. The maximum Gasteiger partial charge on any atom is 0.304 e. The van der Waals surface area contributed by atoms with Gasteiger partial charge in [0.05, 0.1) is 58.8 Å². The van der Waals surface area contributed by atoms with E-state index in [1.807, 2.05) is 4.68 Å². The molecule has 0 saturated heterocycles. The molecule has 0 fully saturated rings. The molecular weight excluding hydrogens is 725 g/mol. The third-order valence-electron chi connectivity index (χ3n) is 9.57. The lowest BCUT2D eigenvalue weighted by molar-refractivity contribution is 0.326. The van der Waals surface area contributed by atoms with Gasteiger partial charge in [-0.2, -0.15) is 18.6 Å². The van der Waals surface area contributed by atoms with Gasteiger partial charge in [0.15, 0.2) is 4.21 Å². The summed E-state index contributed by atoms with van der Waals surface area (Å²) in [7, 11) is -4.37. The van der Waals surface area contributed by atoms with Gasteiger partial charge in [-0.25, -0.2) is 0 Å². The van der Waals surface area contributed by atoms with Gasteiger partial charge in [-0.15, -0.1) is 22.7 Å². The number of thiophene rings is 2. The fourth-order valence-electron chi connectivity index (χ4n) is 6.87. The van der Waals surface area contributed by atoms with Crippen LogP contribution >= 0.6 is 22.7 Å². The first kappa shape index (κ1) is 35.3. The summed E-state index contributed by atoms with van der Waals surface area (Å²) in [6.45, 7) is 6.39. The summed E-state index contributed by atoms with van der Waals surface area (Å²) in [4.78, 5) is 1.80. The highest BCUT2D eigenvalue weighted by Crippen LogP contribution is 2.45. The van der Waals surface area contributed by atoms with E-state index in [2.05, 4.69) is 103 Å². The summed E-state index contributed by atoms with van der Waals surface area (Å²) in [5, 5.41) is 12.2. The third kappa shape index (κ3) is 7.54. The normalized spacial score (nSPS) is 13.9. The number of nitrogens with zero attached hydrogens (tertiary/aromatic N) is 4. The molecule has 4 aromatic heterocycles. The number of ether oxygens (including phenoxy) is 2. The van der Waals surface area contributed by atoms with Crippen molar-refractivity contribution in [3.8, 4) is 32.6 Å². The van der Waals surface area contributed by atoms with Crippen molar-refractivity contribution in [3.63, 3.8) is 0 Å². The van der Waals surface area contributed by atoms with Gasteiger partial charge in [0.2, 0.25) is 0 Å². The minimum Gasteiger partial charge on any atom is -0.492 e. The second-order valence-corrected chi connectivity index (χ2v) is 17.1. The maximum absolute atomic E-state index is 12.0. The minimum atomic E-state index is -4.37. The van der Waals surface area contributed by atoms with Crippen LogP contribution in [0.5, 0.6) is 11.5 Å². The van der Waals surface area contributed by atoms with Crippen LogP contribution in [0.2, 0.25) is 0 Å². The number of unbranched alkanes of at least 4 members (excludes halogenated alkanes) is 2. The van der Waals surface area contributed by atoms with E-state index in [0.29, 0.717) is 43.4 Å². The zero-order valence-electron chi connectivity index (χ0n) is 29.6. The van der Waals surface area contributed by atoms with Gasteiger partial charge in [-0.05, 0) is 67.8 Å². The van der Waals surface area contributed by atoms with Crippen molar-refractivity contribution < 1.29 is 22.4 Å². The Kier molecular flexibility index (Phi) is 9.95. The standard InChI is InChI=1S/C41H40N4O5S3/c1-27-10-14-29(15-11-27)25-44-38-31(18-21-49-35-20-23-51-40(35)38)33(42-44)8-6-4-3-5-7-9-34-32-19-22-50-36-24-37(53(46,47)48)52-41(36)39(32)45(43-34)26-30-16-12-28(2)13-17-30/h6-17,20,23-24H,3-5,18-19,21-22,25-26H2,1-2H3,(H,46,47,48)/b8-6+,9-7+. The van der Waals surface area contributed by atoms with Crippen molar-refractivity contribution in [1.29, 1.82) is 0 Å². The lowest BCUT2D eigenvalue weighted by Crippen LogP contribution is -2.04. The lowest BCUT2D eigenvalue weighted by Gasteiger charge is -2.08. The molecule has 53 heavy (non-hydrogen) atoms. The van der Waals surface area contributed by atoms with E-state index in [-0.39, 0.29) is 4.21 Å². The van der Waals surface area contributed by atoms with Crippen molar-refractivity contribution in [3.05, 3.63) is 123 Å². The van der Waals surface area contributed by atoms with Crippen LogP contribution in [0.4, 0.5) is 0 Å². The SMILES string of the molecule is Cc1ccc(Cn2nc(/C=C/CCC/C=C/c3nn(Cc4ccc(C)cc4)c4c3CCOc3cc(S(=O)(=O)O)sc3-4)c3c2-c2sccc2OCC3)cc1. The van der Waals surface area contributed by atoms with E-state index in [1.165, 1.54) is 28.3 Å². The molecule has 0 unspecified atom stereocenters. The number of hydrogen-bond acceptors (Lipinski definition) is 8. The summed E-state index contributed by atoms with van der Waals surface area (Å²) >= 11 is 2.72. The Morgan fingerprint density at radius 2 is 1.28 bits per heavy atom. The average molecular weight is 765 g/mol. The Bertz CT molecular complexity index is 2430. The van der Waals surface area contributed by atoms with E-state index in [1.54, 1.807) is 11.3 Å². The van der Waals surface area contributed by atoms with Gasteiger partial charge in [-0.1, -0.05) is 71.8 Å². The molecular formula is C41H40N4O5S3. The van der Waals surface area contributed by atoms with Gasteiger partial charge >= 0.3 is 10.1 Å². The molecule has 12 heteroatoms. The van der Waals surface area contributed by atoms with E-state index < -0.39 is 10.1 Å². The molecule has 6 heterocycles. The van der Waals surface area contributed by atoms with Crippen LogP contribution < -0.4 is 9.47 Å². The third-order valence-corrected chi connectivity index (χ3v) is 12.9. The highest BCUT2D eigenvalue weighted by atomic mass is 32.3. The van der Waals surface area contributed by atoms with Gasteiger partial charge in [0.1, 0.15) is 11.5 Å². The zero-order valence-corrected chi connectivity index (χ0v) is 32.1.